The van der Waals surface area contributed by atoms with Crippen LogP contribution in [0, 0.1) is 0 Å². The predicted molar refractivity (Wildman–Crippen MR) is 109 cm³/mol. The molecule has 2 heterocycles. The number of hydrogen-bond donors (Lipinski definition) is 1. The van der Waals surface area contributed by atoms with Gasteiger partial charge in [-0.3, -0.25) is 9.69 Å². The molecule has 3 aromatic rings. The molecule has 0 saturated carbocycles. The summed E-state index contributed by atoms with van der Waals surface area (Å²) in [5, 5.41) is 11.1. The highest BCUT2D eigenvalue weighted by Crippen LogP contribution is 2.33. The van der Waals surface area contributed by atoms with E-state index in [4.69, 9.17) is 4.42 Å². The quantitative estimate of drug-likeness (QED) is 0.645. The third-order valence-corrected chi connectivity index (χ3v) is 6.59. The number of furan rings is 1. The molecule has 1 N–H and O–H groups in total. The minimum absolute atomic E-state index is 0.0894. The van der Waals surface area contributed by atoms with Gasteiger partial charge in [0.2, 0.25) is 10.0 Å². The maximum atomic E-state index is 13.0. The summed E-state index contributed by atoms with van der Waals surface area (Å²) in [6.07, 6.45) is 2.65. The Labute approximate surface area is 169 Å². The topological polar surface area (TPSA) is 91.1 Å². The van der Waals surface area contributed by atoms with E-state index in [1.54, 1.807) is 36.4 Å². The lowest BCUT2D eigenvalue weighted by Gasteiger charge is -2.33. The van der Waals surface area contributed by atoms with E-state index in [9.17, 15) is 18.3 Å². The number of carbonyl (C=O) groups excluding carboxylic acids is 1. The molecule has 1 fully saturated rings. The number of sulfonamides is 1. The molecule has 1 aromatic heterocycles. The summed E-state index contributed by atoms with van der Waals surface area (Å²) < 4.78 is 30.5. The Morgan fingerprint density at radius 2 is 1.76 bits per heavy atom. The van der Waals surface area contributed by atoms with Gasteiger partial charge in [-0.05, 0) is 12.1 Å². The normalized spacial score (nSPS) is 16.3. The summed E-state index contributed by atoms with van der Waals surface area (Å²) in [6.45, 7) is 2.29. The molecular formula is C21H22N2O5S. The number of ketones is 1. The summed E-state index contributed by atoms with van der Waals surface area (Å²) in [4.78, 5) is 15.1. The highest BCUT2D eigenvalue weighted by atomic mass is 32.2. The van der Waals surface area contributed by atoms with Crippen LogP contribution in [0.5, 0.6) is 5.75 Å². The highest BCUT2D eigenvalue weighted by Gasteiger charge is 2.26. The molecule has 0 amide bonds. The predicted octanol–water partition coefficient (Wildman–Crippen LogP) is 2.45. The molecule has 0 unspecified atom stereocenters. The van der Waals surface area contributed by atoms with Gasteiger partial charge in [-0.1, -0.05) is 30.3 Å². The van der Waals surface area contributed by atoms with Crippen LogP contribution in [-0.4, -0.2) is 60.9 Å². The Balaban J connectivity index is 1.66. The van der Waals surface area contributed by atoms with Crippen LogP contribution in [0.25, 0.3) is 11.0 Å². The zero-order valence-corrected chi connectivity index (χ0v) is 16.9. The molecule has 0 radical (unpaired) electrons. The van der Waals surface area contributed by atoms with Gasteiger partial charge < -0.3 is 9.52 Å². The van der Waals surface area contributed by atoms with Gasteiger partial charge in [-0.15, -0.1) is 0 Å². The van der Waals surface area contributed by atoms with E-state index in [0.29, 0.717) is 60.4 Å². The fraction of sp³-hybridized carbons (Fsp3) is 0.286. The van der Waals surface area contributed by atoms with Gasteiger partial charge >= 0.3 is 0 Å². The van der Waals surface area contributed by atoms with Crippen molar-refractivity contribution in [2.75, 3.05) is 32.4 Å². The van der Waals surface area contributed by atoms with Crippen LogP contribution in [0.3, 0.4) is 0 Å². The van der Waals surface area contributed by atoms with E-state index in [0.717, 1.165) is 0 Å². The van der Waals surface area contributed by atoms with Crippen molar-refractivity contribution in [2.45, 2.75) is 6.54 Å². The van der Waals surface area contributed by atoms with E-state index >= 15 is 0 Å². The monoisotopic (exact) mass is 414 g/mol. The van der Waals surface area contributed by atoms with Crippen LogP contribution in [0.4, 0.5) is 0 Å². The summed E-state index contributed by atoms with van der Waals surface area (Å²) in [5.41, 5.74) is 2.10. The van der Waals surface area contributed by atoms with Gasteiger partial charge in [-0.2, -0.15) is 4.31 Å². The molecule has 8 heteroatoms. The molecule has 0 bridgehead atoms. The van der Waals surface area contributed by atoms with E-state index < -0.39 is 10.0 Å². The number of carbonyl (C=O) groups is 1. The first-order chi connectivity index (χ1) is 13.8. The van der Waals surface area contributed by atoms with Crippen molar-refractivity contribution in [1.29, 1.82) is 0 Å². The third-order valence-electron chi connectivity index (χ3n) is 5.29. The minimum atomic E-state index is -3.21. The zero-order chi connectivity index (χ0) is 20.6. The lowest BCUT2D eigenvalue weighted by Crippen LogP contribution is -2.47. The average molecular weight is 414 g/mol. The van der Waals surface area contributed by atoms with Crippen molar-refractivity contribution < 1.29 is 22.7 Å². The molecule has 1 saturated heterocycles. The van der Waals surface area contributed by atoms with Gasteiger partial charge in [0.05, 0.1) is 11.8 Å². The minimum Gasteiger partial charge on any atom is -0.508 e. The molecule has 1 aliphatic heterocycles. The lowest BCUT2D eigenvalue weighted by atomic mass is 9.98. The maximum Gasteiger partial charge on any atom is 0.211 e. The molecule has 29 heavy (non-hydrogen) atoms. The summed E-state index contributed by atoms with van der Waals surface area (Å²) in [6, 6.07) is 12.1. The number of phenols is 1. The number of rotatable bonds is 5. The molecule has 4 rings (SSSR count). The molecular weight excluding hydrogens is 392 g/mol. The third kappa shape index (κ3) is 3.91. The largest absolute Gasteiger partial charge is 0.508 e. The summed E-state index contributed by atoms with van der Waals surface area (Å²) >= 11 is 0. The molecule has 0 atom stereocenters. The van der Waals surface area contributed by atoms with Gasteiger partial charge in [0.25, 0.3) is 0 Å². The number of piperazine rings is 1. The van der Waals surface area contributed by atoms with Gasteiger partial charge in [-0.25, -0.2) is 8.42 Å². The average Bonchev–Trinajstić information content (AvgIpc) is 3.14. The fourth-order valence-electron chi connectivity index (χ4n) is 3.71. The van der Waals surface area contributed by atoms with Crippen LogP contribution >= 0.6 is 0 Å². The number of phenolic OH excluding ortho intramolecular Hbond substituents is 1. The smallest absolute Gasteiger partial charge is 0.211 e. The van der Waals surface area contributed by atoms with E-state index in [2.05, 4.69) is 4.90 Å². The number of nitrogens with zero attached hydrogens (tertiary/aromatic N) is 2. The molecule has 7 nitrogen and oxygen atoms in total. The van der Waals surface area contributed by atoms with Crippen molar-refractivity contribution in [3.05, 3.63) is 65.4 Å². The van der Waals surface area contributed by atoms with Crippen molar-refractivity contribution in [1.82, 2.24) is 9.21 Å². The second-order valence-corrected chi connectivity index (χ2v) is 9.20. The first kappa shape index (κ1) is 19.6. The number of aromatic hydroxyl groups is 1. The Morgan fingerprint density at radius 3 is 2.41 bits per heavy atom. The Morgan fingerprint density at radius 1 is 1.07 bits per heavy atom. The summed E-state index contributed by atoms with van der Waals surface area (Å²) in [7, 11) is -3.21. The second kappa shape index (κ2) is 7.62. The molecule has 0 aliphatic carbocycles. The number of fused-ring (bicyclic) bond motifs is 1. The van der Waals surface area contributed by atoms with Crippen molar-refractivity contribution in [2.24, 2.45) is 0 Å². The SMILES string of the molecule is CS(=O)(=O)N1CCN(Cc2c(O)ccc3occ(C(=O)c4ccccc4)c23)CC1. The van der Waals surface area contributed by atoms with Crippen molar-refractivity contribution in [3.63, 3.8) is 0 Å². The van der Waals surface area contributed by atoms with Gasteiger partial charge in [0, 0.05) is 49.2 Å². The van der Waals surface area contributed by atoms with Gasteiger partial charge in [0.15, 0.2) is 5.78 Å². The number of hydrogen-bond acceptors (Lipinski definition) is 6. The van der Waals surface area contributed by atoms with Crippen molar-refractivity contribution >= 4 is 26.8 Å². The lowest BCUT2D eigenvalue weighted by molar-refractivity contribution is 0.103. The fourth-order valence-corrected chi connectivity index (χ4v) is 4.53. The molecule has 0 spiro atoms. The van der Waals surface area contributed by atoms with E-state index in [-0.39, 0.29) is 11.5 Å². The van der Waals surface area contributed by atoms with Crippen LogP contribution in [-0.2, 0) is 16.6 Å². The van der Waals surface area contributed by atoms with Crippen molar-refractivity contribution in [3.8, 4) is 5.75 Å². The molecule has 2 aromatic carbocycles. The molecule has 152 valence electrons. The van der Waals surface area contributed by atoms with Crippen LogP contribution in [0.1, 0.15) is 21.5 Å². The first-order valence-electron chi connectivity index (χ1n) is 9.34. The van der Waals surface area contributed by atoms with E-state index in [1.165, 1.54) is 16.8 Å². The zero-order valence-electron chi connectivity index (χ0n) is 16.0. The van der Waals surface area contributed by atoms with Crippen LogP contribution in [0.15, 0.2) is 53.1 Å². The Bertz CT molecular complexity index is 1150. The molecule has 1 aliphatic rings. The maximum absolute atomic E-state index is 13.0. The highest BCUT2D eigenvalue weighted by molar-refractivity contribution is 7.88. The standard InChI is InChI=1S/C21H22N2O5S/c1-29(26,27)23-11-9-22(10-12-23)13-16-18(24)7-8-19-20(16)17(14-28-19)21(25)15-5-3-2-4-6-15/h2-8,14,24H,9-13H2,1H3. The Hall–Kier alpha value is -2.68. The van der Waals surface area contributed by atoms with E-state index in [1.807, 2.05) is 6.07 Å². The van der Waals surface area contributed by atoms with Crippen LogP contribution in [0.2, 0.25) is 0 Å². The first-order valence-corrected chi connectivity index (χ1v) is 11.2. The van der Waals surface area contributed by atoms with Crippen LogP contribution < -0.4 is 0 Å². The Kier molecular flexibility index (Phi) is 5.16. The number of benzene rings is 2. The second-order valence-electron chi connectivity index (χ2n) is 7.22. The summed E-state index contributed by atoms with van der Waals surface area (Å²) in [5.74, 6) is -0.0790. The van der Waals surface area contributed by atoms with Gasteiger partial charge in [0.1, 0.15) is 17.6 Å².